The number of amidine groups is 1. The zero-order valence-corrected chi connectivity index (χ0v) is 11.0. The third-order valence-corrected chi connectivity index (χ3v) is 2.48. The van der Waals surface area contributed by atoms with Gasteiger partial charge in [-0.25, -0.2) is 0 Å². The predicted molar refractivity (Wildman–Crippen MR) is 67.8 cm³/mol. The molecule has 1 aliphatic heterocycles. The Hall–Kier alpha value is -0.610. The van der Waals surface area contributed by atoms with Gasteiger partial charge in [-0.1, -0.05) is 6.92 Å². The standard InChI is InChI=1S/C12H25N3O/c1-5-6-15-7-8-16-10(9-15)11(13)14-12(2,3)4/h10H,5-9H2,1-4H3,(H2,13,14). The second-order valence-corrected chi connectivity index (χ2v) is 5.37. The largest absolute Gasteiger partial charge is 0.385 e. The first kappa shape index (κ1) is 13.5. The lowest BCUT2D eigenvalue weighted by atomic mass is 10.1. The number of hydrogen-bond acceptors (Lipinski definition) is 3. The highest BCUT2D eigenvalue weighted by Crippen LogP contribution is 2.11. The fourth-order valence-electron chi connectivity index (χ4n) is 1.86. The molecule has 0 radical (unpaired) electrons. The number of aliphatic imine (C=N–C) groups is 1. The van der Waals surface area contributed by atoms with Crippen molar-refractivity contribution in [3.05, 3.63) is 0 Å². The van der Waals surface area contributed by atoms with E-state index in [1.54, 1.807) is 0 Å². The quantitative estimate of drug-likeness (QED) is 0.583. The van der Waals surface area contributed by atoms with Crippen LogP contribution in [0.3, 0.4) is 0 Å². The normalized spacial score (nSPS) is 24.8. The SMILES string of the molecule is CCCN1CCOC(C(N)=NC(C)(C)C)C1. The average molecular weight is 227 g/mol. The Labute approximate surface area is 98.9 Å². The number of rotatable bonds is 3. The smallest absolute Gasteiger partial charge is 0.127 e. The van der Waals surface area contributed by atoms with Crippen LogP contribution >= 0.6 is 0 Å². The van der Waals surface area contributed by atoms with Gasteiger partial charge in [0.2, 0.25) is 0 Å². The number of ether oxygens (including phenoxy) is 1. The van der Waals surface area contributed by atoms with Crippen LogP contribution in [-0.4, -0.2) is 48.6 Å². The Morgan fingerprint density at radius 2 is 2.19 bits per heavy atom. The van der Waals surface area contributed by atoms with Crippen molar-refractivity contribution in [2.75, 3.05) is 26.2 Å². The summed E-state index contributed by atoms with van der Waals surface area (Å²) in [5, 5.41) is 0. The van der Waals surface area contributed by atoms with Crippen molar-refractivity contribution in [3.8, 4) is 0 Å². The molecule has 0 amide bonds. The zero-order chi connectivity index (χ0) is 12.2. The maximum Gasteiger partial charge on any atom is 0.127 e. The minimum Gasteiger partial charge on any atom is -0.385 e. The molecular formula is C12H25N3O. The van der Waals surface area contributed by atoms with Crippen molar-refractivity contribution < 1.29 is 4.74 Å². The summed E-state index contributed by atoms with van der Waals surface area (Å²) >= 11 is 0. The maximum absolute atomic E-state index is 5.99. The molecule has 0 spiro atoms. The average Bonchev–Trinajstić information content (AvgIpc) is 2.16. The molecule has 94 valence electrons. The molecule has 0 bridgehead atoms. The van der Waals surface area contributed by atoms with E-state index in [1.165, 1.54) is 6.42 Å². The third-order valence-electron chi connectivity index (χ3n) is 2.48. The van der Waals surface area contributed by atoms with Crippen LogP contribution in [0.25, 0.3) is 0 Å². The molecule has 0 aromatic carbocycles. The number of nitrogens with zero attached hydrogens (tertiary/aromatic N) is 2. The highest BCUT2D eigenvalue weighted by Gasteiger charge is 2.24. The van der Waals surface area contributed by atoms with Gasteiger partial charge in [-0.3, -0.25) is 9.89 Å². The topological polar surface area (TPSA) is 50.9 Å². The van der Waals surface area contributed by atoms with Crippen LogP contribution in [0.5, 0.6) is 0 Å². The molecule has 1 atom stereocenters. The van der Waals surface area contributed by atoms with E-state index in [2.05, 4.69) is 16.8 Å². The van der Waals surface area contributed by atoms with Crippen LogP contribution in [0.4, 0.5) is 0 Å². The second-order valence-electron chi connectivity index (χ2n) is 5.37. The van der Waals surface area contributed by atoms with Crippen molar-refractivity contribution in [3.63, 3.8) is 0 Å². The molecule has 1 aliphatic rings. The summed E-state index contributed by atoms with van der Waals surface area (Å²) in [6, 6.07) is 0. The molecule has 16 heavy (non-hydrogen) atoms. The van der Waals surface area contributed by atoms with Gasteiger partial charge in [0.25, 0.3) is 0 Å². The lowest BCUT2D eigenvalue weighted by molar-refractivity contribution is 0.00582. The van der Waals surface area contributed by atoms with E-state index in [9.17, 15) is 0 Å². The second kappa shape index (κ2) is 5.64. The Balaban J connectivity index is 2.56. The van der Waals surface area contributed by atoms with Crippen LogP contribution in [0.2, 0.25) is 0 Å². The van der Waals surface area contributed by atoms with Crippen LogP contribution in [0.1, 0.15) is 34.1 Å². The van der Waals surface area contributed by atoms with Crippen molar-refractivity contribution in [1.82, 2.24) is 4.90 Å². The van der Waals surface area contributed by atoms with Gasteiger partial charge < -0.3 is 10.5 Å². The van der Waals surface area contributed by atoms with Crippen LogP contribution in [-0.2, 0) is 4.74 Å². The first-order valence-corrected chi connectivity index (χ1v) is 6.11. The molecule has 1 saturated heterocycles. The Bertz CT molecular complexity index is 243. The summed E-state index contributed by atoms with van der Waals surface area (Å²) in [6.45, 7) is 12.1. The number of nitrogens with two attached hydrogens (primary N) is 1. The molecule has 0 aromatic heterocycles. The monoisotopic (exact) mass is 227 g/mol. The molecule has 4 nitrogen and oxygen atoms in total. The van der Waals surface area contributed by atoms with Crippen LogP contribution in [0.15, 0.2) is 4.99 Å². The summed E-state index contributed by atoms with van der Waals surface area (Å²) in [4.78, 5) is 6.86. The van der Waals surface area contributed by atoms with Gasteiger partial charge in [-0.05, 0) is 33.7 Å². The Morgan fingerprint density at radius 3 is 2.75 bits per heavy atom. The minimum atomic E-state index is -0.125. The summed E-state index contributed by atoms with van der Waals surface area (Å²) < 4.78 is 5.66. The molecule has 1 fully saturated rings. The predicted octanol–water partition coefficient (Wildman–Crippen LogP) is 1.25. The lowest BCUT2D eigenvalue weighted by Gasteiger charge is -2.33. The van der Waals surface area contributed by atoms with Crippen molar-refractivity contribution >= 4 is 5.84 Å². The molecule has 2 N–H and O–H groups in total. The summed E-state index contributed by atoms with van der Waals surface area (Å²) in [6.07, 6.45) is 1.14. The highest BCUT2D eigenvalue weighted by atomic mass is 16.5. The van der Waals surface area contributed by atoms with Crippen molar-refractivity contribution in [2.24, 2.45) is 10.7 Å². The van der Waals surface area contributed by atoms with Crippen LogP contribution in [0, 0.1) is 0 Å². The highest BCUT2D eigenvalue weighted by molar-refractivity contribution is 5.85. The summed E-state index contributed by atoms with van der Waals surface area (Å²) in [5.41, 5.74) is 5.87. The number of hydrogen-bond donors (Lipinski definition) is 1. The molecule has 1 heterocycles. The van der Waals surface area contributed by atoms with E-state index < -0.39 is 0 Å². The fourth-order valence-corrected chi connectivity index (χ4v) is 1.86. The van der Waals surface area contributed by atoms with Crippen LogP contribution < -0.4 is 5.73 Å². The Kier molecular flexibility index (Phi) is 4.74. The first-order chi connectivity index (χ1) is 7.42. The fraction of sp³-hybridized carbons (Fsp3) is 0.917. The van der Waals surface area contributed by atoms with E-state index >= 15 is 0 Å². The lowest BCUT2D eigenvalue weighted by Crippen LogP contribution is -2.49. The van der Waals surface area contributed by atoms with E-state index in [0.29, 0.717) is 5.84 Å². The third kappa shape index (κ3) is 4.49. The van der Waals surface area contributed by atoms with Gasteiger partial charge >= 0.3 is 0 Å². The molecule has 0 aromatic rings. The molecular weight excluding hydrogens is 202 g/mol. The van der Waals surface area contributed by atoms with Gasteiger partial charge in [-0.15, -0.1) is 0 Å². The summed E-state index contributed by atoms with van der Waals surface area (Å²) in [7, 11) is 0. The Morgan fingerprint density at radius 1 is 1.50 bits per heavy atom. The minimum absolute atomic E-state index is 0.0282. The molecule has 0 saturated carbocycles. The van der Waals surface area contributed by atoms with Gasteiger partial charge in [0.15, 0.2) is 0 Å². The first-order valence-electron chi connectivity index (χ1n) is 6.11. The molecule has 4 heteroatoms. The van der Waals surface area contributed by atoms with E-state index in [-0.39, 0.29) is 11.6 Å². The molecule has 1 unspecified atom stereocenters. The van der Waals surface area contributed by atoms with Gasteiger partial charge in [0.05, 0.1) is 12.1 Å². The molecule has 1 rings (SSSR count). The zero-order valence-electron chi connectivity index (χ0n) is 11.0. The number of morpholine rings is 1. The van der Waals surface area contributed by atoms with Gasteiger partial charge in [-0.2, -0.15) is 0 Å². The van der Waals surface area contributed by atoms with E-state index in [1.807, 2.05) is 20.8 Å². The van der Waals surface area contributed by atoms with Crippen molar-refractivity contribution in [1.29, 1.82) is 0 Å². The van der Waals surface area contributed by atoms with Crippen molar-refractivity contribution in [2.45, 2.75) is 45.8 Å². The maximum atomic E-state index is 5.99. The van der Waals surface area contributed by atoms with E-state index in [0.717, 1.165) is 26.2 Å². The molecule has 0 aliphatic carbocycles. The summed E-state index contributed by atoms with van der Waals surface area (Å²) in [5.74, 6) is 0.633. The van der Waals surface area contributed by atoms with E-state index in [4.69, 9.17) is 10.5 Å². The van der Waals surface area contributed by atoms with Gasteiger partial charge in [0.1, 0.15) is 11.9 Å². The van der Waals surface area contributed by atoms with Gasteiger partial charge in [0, 0.05) is 13.1 Å².